The first kappa shape index (κ1) is 11.8. The first-order valence-corrected chi connectivity index (χ1v) is 4.81. The molecular weight excluding hydrogens is 176 g/mol. The number of hydrogen-bond acceptors (Lipinski definition) is 2. The molecule has 0 bridgehead atoms. The normalized spacial score (nSPS) is 11.3. The van der Waals surface area contributed by atoms with Gasteiger partial charge in [-0.1, -0.05) is 13.3 Å². The second-order valence-electron chi connectivity index (χ2n) is 3.51. The quantitative estimate of drug-likeness (QED) is 0.380. The Labute approximate surface area is 79.2 Å². The van der Waals surface area contributed by atoms with Gasteiger partial charge in [0.15, 0.2) is 0 Å². The molecule has 0 saturated carbocycles. The molecule has 0 rings (SSSR count). The Morgan fingerprint density at radius 2 is 2.08 bits per heavy atom. The lowest BCUT2D eigenvalue weighted by molar-refractivity contribution is -0.152. The van der Waals surface area contributed by atoms with Crippen molar-refractivity contribution in [2.24, 2.45) is 5.41 Å². The third-order valence-corrected chi connectivity index (χ3v) is 2.29. The van der Waals surface area contributed by atoms with Crippen molar-refractivity contribution in [3.63, 3.8) is 0 Å². The van der Waals surface area contributed by atoms with Gasteiger partial charge in [-0.2, -0.15) is 0 Å². The fourth-order valence-electron chi connectivity index (χ4n) is 0.559. The van der Waals surface area contributed by atoms with E-state index in [-0.39, 0.29) is 5.97 Å². The van der Waals surface area contributed by atoms with E-state index in [9.17, 15) is 4.79 Å². The third-order valence-electron chi connectivity index (χ3n) is 1.62. The smallest absolute Gasteiger partial charge is 0.312 e. The topological polar surface area (TPSA) is 26.3 Å². The van der Waals surface area contributed by atoms with Gasteiger partial charge in [-0.25, -0.2) is 0 Å². The minimum Gasteiger partial charge on any atom is -0.465 e. The van der Waals surface area contributed by atoms with Gasteiger partial charge in [0.25, 0.3) is 0 Å². The summed E-state index contributed by atoms with van der Waals surface area (Å²) in [6, 6.07) is 0. The molecule has 72 valence electrons. The summed E-state index contributed by atoms with van der Waals surface area (Å²) < 4.78 is 5.01. The molecule has 12 heavy (non-hydrogen) atoms. The van der Waals surface area contributed by atoms with Gasteiger partial charge in [0.1, 0.15) is 0 Å². The van der Waals surface area contributed by atoms with Crippen LogP contribution in [0.15, 0.2) is 0 Å². The second kappa shape index (κ2) is 5.41. The van der Waals surface area contributed by atoms with E-state index in [1.807, 2.05) is 0 Å². The molecule has 0 radical (unpaired) electrons. The zero-order valence-electron chi connectivity index (χ0n) is 8.02. The summed E-state index contributed by atoms with van der Waals surface area (Å²) in [7, 11) is 0. The Balaban J connectivity index is 3.72. The van der Waals surface area contributed by atoms with E-state index < -0.39 is 5.41 Å². The van der Waals surface area contributed by atoms with Gasteiger partial charge < -0.3 is 4.74 Å². The van der Waals surface area contributed by atoms with E-state index in [1.54, 1.807) is 13.8 Å². The first-order chi connectivity index (χ1) is 5.54. The minimum absolute atomic E-state index is 0.203. The lowest BCUT2D eigenvalue weighted by Gasteiger charge is -2.18. The fourth-order valence-corrected chi connectivity index (χ4v) is 0.668. The van der Waals surface area contributed by atoms with Crippen LogP contribution in [0.4, 0.5) is 0 Å². The number of ether oxygens (including phenoxy) is 1. The van der Waals surface area contributed by atoms with Crippen LogP contribution in [-0.4, -0.2) is 18.5 Å². The third kappa shape index (κ3) is 3.96. The first-order valence-electron chi connectivity index (χ1n) is 4.27. The lowest BCUT2D eigenvalue weighted by atomic mass is 9.97. The van der Waals surface area contributed by atoms with Crippen molar-refractivity contribution >= 4 is 17.6 Å². The van der Waals surface area contributed by atoms with Gasteiger partial charge in [-0.3, -0.25) is 4.79 Å². The SMILES string of the molecule is CCCCOC(=O)C(C)(C)CCl. The Hall–Kier alpha value is -0.240. The molecule has 0 heterocycles. The van der Waals surface area contributed by atoms with E-state index in [0.717, 1.165) is 12.8 Å². The van der Waals surface area contributed by atoms with Crippen molar-refractivity contribution in [3.05, 3.63) is 0 Å². The summed E-state index contributed by atoms with van der Waals surface area (Å²) in [6.45, 7) is 6.14. The molecule has 0 amide bonds. The molecular formula is C9H17ClO2. The Morgan fingerprint density at radius 1 is 1.50 bits per heavy atom. The van der Waals surface area contributed by atoms with Crippen molar-refractivity contribution in [2.75, 3.05) is 12.5 Å². The molecule has 0 aromatic heterocycles. The van der Waals surface area contributed by atoms with Gasteiger partial charge in [0, 0.05) is 5.88 Å². The molecule has 2 nitrogen and oxygen atoms in total. The lowest BCUT2D eigenvalue weighted by Crippen LogP contribution is -2.28. The predicted octanol–water partition coefficient (Wildman–Crippen LogP) is 2.59. The van der Waals surface area contributed by atoms with E-state index in [4.69, 9.17) is 16.3 Å². The molecule has 0 unspecified atom stereocenters. The maximum absolute atomic E-state index is 11.3. The van der Waals surface area contributed by atoms with Crippen molar-refractivity contribution in [2.45, 2.75) is 33.6 Å². The Kier molecular flexibility index (Phi) is 5.31. The van der Waals surface area contributed by atoms with Crippen molar-refractivity contribution in [1.29, 1.82) is 0 Å². The van der Waals surface area contributed by atoms with Crippen molar-refractivity contribution in [1.82, 2.24) is 0 Å². The Bertz CT molecular complexity index is 143. The fraction of sp³-hybridized carbons (Fsp3) is 0.889. The summed E-state index contributed by atoms with van der Waals surface area (Å²) in [4.78, 5) is 11.3. The number of unbranched alkanes of at least 4 members (excludes halogenated alkanes) is 1. The van der Waals surface area contributed by atoms with Crippen LogP contribution >= 0.6 is 11.6 Å². The number of carbonyl (C=O) groups excluding carboxylic acids is 1. The highest BCUT2D eigenvalue weighted by Crippen LogP contribution is 2.18. The monoisotopic (exact) mass is 192 g/mol. The van der Waals surface area contributed by atoms with Crippen molar-refractivity contribution in [3.8, 4) is 0 Å². The van der Waals surface area contributed by atoms with Gasteiger partial charge in [0.05, 0.1) is 12.0 Å². The highest BCUT2D eigenvalue weighted by molar-refractivity contribution is 6.19. The van der Waals surface area contributed by atoms with E-state index in [2.05, 4.69) is 6.92 Å². The molecule has 0 aliphatic heterocycles. The zero-order valence-corrected chi connectivity index (χ0v) is 8.78. The highest BCUT2D eigenvalue weighted by atomic mass is 35.5. The number of halogens is 1. The summed E-state index contributed by atoms with van der Waals surface area (Å²) >= 11 is 5.60. The average Bonchev–Trinajstić information content (AvgIpc) is 2.05. The highest BCUT2D eigenvalue weighted by Gasteiger charge is 2.27. The van der Waals surface area contributed by atoms with E-state index in [1.165, 1.54) is 0 Å². The predicted molar refractivity (Wildman–Crippen MR) is 50.4 cm³/mol. The standard InChI is InChI=1S/C9H17ClO2/c1-4-5-6-12-8(11)9(2,3)7-10/h4-7H2,1-3H3. The largest absolute Gasteiger partial charge is 0.465 e. The van der Waals surface area contributed by atoms with E-state index in [0.29, 0.717) is 12.5 Å². The maximum atomic E-state index is 11.3. The number of esters is 1. The minimum atomic E-state index is -0.546. The van der Waals surface area contributed by atoms with Crippen LogP contribution in [0.3, 0.4) is 0 Å². The van der Waals surface area contributed by atoms with Crippen molar-refractivity contribution < 1.29 is 9.53 Å². The van der Waals surface area contributed by atoms with Crippen LogP contribution in [-0.2, 0) is 9.53 Å². The average molecular weight is 193 g/mol. The van der Waals surface area contributed by atoms with Crippen LogP contribution in [0.25, 0.3) is 0 Å². The van der Waals surface area contributed by atoms with Crippen LogP contribution in [0, 0.1) is 5.41 Å². The van der Waals surface area contributed by atoms with E-state index >= 15 is 0 Å². The number of alkyl halides is 1. The van der Waals surface area contributed by atoms with Gasteiger partial charge in [0.2, 0.25) is 0 Å². The summed E-state index contributed by atoms with van der Waals surface area (Å²) in [5.74, 6) is 0.101. The Morgan fingerprint density at radius 3 is 2.50 bits per heavy atom. The maximum Gasteiger partial charge on any atom is 0.312 e. The molecule has 0 aliphatic carbocycles. The second-order valence-corrected chi connectivity index (χ2v) is 3.77. The molecule has 0 saturated heterocycles. The number of rotatable bonds is 5. The summed E-state index contributed by atoms with van der Waals surface area (Å²) in [5.41, 5.74) is -0.546. The van der Waals surface area contributed by atoms with Gasteiger partial charge in [-0.05, 0) is 20.3 Å². The summed E-state index contributed by atoms with van der Waals surface area (Å²) in [6.07, 6.45) is 1.96. The van der Waals surface area contributed by atoms with Gasteiger partial charge >= 0.3 is 5.97 Å². The molecule has 0 fully saturated rings. The number of hydrogen-bond donors (Lipinski definition) is 0. The molecule has 0 atom stereocenters. The van der Waals surface area contributed by atoms with Crippen LogP contribution < -0.4 is 0 Å². The molecule has 0 aromatic rings. The molecule has 0 aliphatic rings. The van der Waals surface area contributed by atoms with Crippen LogP contribution in [0.1, 0.15) is 33.6 Å². The van der Waals surface area contributed by atoms with Crippen LogP contribution in [0.5, 0.6) is 0 Å². The molecule has 0 aromatic carbocycles. The summed E-state index contributed by atoms with van der Waals surface area (Å²) in [5, 5.41) is 0. The number of carbonyl (C=O) groups is 1. The molecule has 0 N–H and O–H groups in total. The molecule has 0 spiro atoms. The zero-order chi connectivity index (χ0) is 9.61. The van der Waals surface area contributed by atoms with Gasteiger partial charge in [-0.15, -0.1) is 11.6 Å². The molecule has 3 heteroatoms. The van der Waals surface area contributed by atoms with Crippen LogP contribution in [0.2, 0.25) is 0 Å².